The molecule has 0 radical (unpaired) electrons. The Kier molecular flexibility index (Phi) is 4.49. The fourth-order valence-electron chi connectivity index (χ4n) is 1.37. The van der Waals surface area contributed by atoms with E-state index in [1.807, 2.05) is 13.0 Å². The van der Waals surface area contributed by atoms with Gasteiger partial charge in [-0.1, -0.05) is 13.0 Å². The highest BCUT2D eigenvalue weighted by atomic mass is 16.1. The van der Waals surface area contributed by atoms with Crippen molar-refractivity contribution in [1.29, 1.82) is 5.26 Å². The number of amides is 1. The third kappa shape index (κ3) is 3.07. The maximum atomic E-state index is 11.7. The van der Waals surface area contributed by atoms with E-state index in [1.54, 1.807) is 24.3 Å². The highest BCUT2D eigenvalue weighted by molar-refractivity contribution is 5.92. The van der Waals surface area contributed by atoms with Crippen LogP contribution < -0.4 is 11.1 Å². The van der Waals surface area contributed by atoms with E-state index < -0.39 is 0 Å². The number of carbonyl (C=O) groups is 1. The molecular weight excluding hydrogens is 202 g/mol. The summed E-state index contributed by atoms with van der Waals surface area (Å²) in [6, 6.07) is 8.84. The Bertz CT molecular complexity index is 405. The number of hydrogen-bond donors (Lipinski definition) is 2. The summed E-state index contributed by atoms with van der Waals surface area (Å²) in [5, 5.41) is 11.5. The van der Waals surface area contributed by atoms with Crippen LogP contribution in [0.25, 0.3) is 0 Å². The molecule has 1 amide bonds. The highest BCUT2D eigenvalue weighted by Gasteiger charge is 2.14. The molecule has 84 valence electrons. The molecule has 1 unspecified atom stereocenters. The molecule has 1 atom stereocenters. The number of carbonyl (C=O) groups excluding carboxylic acids is 1. The Morgan fingerprint density at radius 3 is 2.94 bits per heavy atom. The van der Waals surface area contributed by atoms with E-state index in [9.17, 15) is 4.79 Å². The molecule has 0 fully saturated rings. The SMILES string of the molecule is CCC(CN)C(=O)Nc1cccc(C#N)c1. The zero-order chi connectivity index (χ0) is 12.0. The fraction of sp³-hybridized carbons (Fsp3) is 0.333. The van der Waals surface area contributed by atoms with Crippen molar-refractivity contribution in [3.63, 3.8) is 0 Å². The van der Waals surface area contributed by atoms with E-state index in [4.69, 9.17) is 11.0 Å². The number of nitrogens with two attached hydrogens (primary N) is 1. The second-order valence-electron chi connectivity index (χ2n) is 3.52. The molecule has 0 bridgehead atoms. The molecule has 16 heavy (non-hydrogen) atoms. The standard InChI is InChI=1S/C12H15N3O/c1-2-10(8-14)12(16)15-11-5-3-4-9(6-11)7-13/h3-6,10H,2,8,14H2,1H3,(H,15,16). The van der Waals surface area contributed by atoms with Gasteiger partial charge in [-0.3, -0.25) is 4.79 Å². The molecule has 0 aliphatic carbocycles. The van der Waals surface area contributed by atoms with Gasteiger partial charge in [0.05, 0.1) is 17.6 Å². The molecule has 1 aromatic carbocycles. The van der Waals surface area contributed by atoms with Crippen LogP contribution in [-0.4, -0.2) is 12.5 Å². The first-order valence-corrected chi connectivity index (χ1v) is 5.22. The number of anilines is 1. The molecule has 0 aliphatic heterocycles. The molecule has 0 saturated heterocycles. The van der Waals surface area contributed by atoms with Crippen LogP contribution in [0.4, 0.5) is 5.69 Å². The Balaban J connectivity index is 2.73. The molecule has 1 rings (SSSR count). The predicted molar refractivity (Wildman–Crippen MR) is 62.6 cm³/mol. The molecule has 0 aliphatic rings. The van der Waals surface area contributed by atoms with Crippen molar-refractivity contribution >= 4 is 11.6 Å². The Morgan fingerprint density at radius 2 is 2.38 bits per heavy atom. The lowest BCUT2D eigenvalue weighted by atomic mass is 10.1. The van der Waals surface area contributed by atoms with E-state index in [0.29, 0.717) is 24.2 Å². The summed E-state index contributed by atoms with van der Waals surface area (Å²) in [5.41, 5.74) is 6.64. The molecule has 0 aromatic heterocycles. The third-order valence-corrected chi connectivity index (χ3v) is 2.41. The van der Waals surface area contributed by atoms with Crippen LogP contribution >= 0.6 is 0 Å². The van der Waals surface area contributed by atoms with E-state index in [2.05, 4.69) is 5.32 Å². The van der Waals surface area contributed by atoms with E-state index >= 15 is 0 Å². The predicted octanol–water partition coefficient (Wildman–Crippen LogP) is 1.48. The molecule has 3 N–H and O–H groups in total. The van der Waals surface area contributed by atoms with Crippen LogP contribution in [0.3, 0.4) is 0 Å². The molecule has 0 saturated carbocycles. The summed E-state index contributed by atoms with van der Waals surface area (Å²) in [5.74, 6) is -0.272. The van der Waals surface area contributed by atoms with Gasteiger partial charge in [-0.15, -0.1) is 0 Å². The number of nitrogens with one attached hydrogen (secondary N) is 1. The summed E-state index contributed by atoms with van der Waals surface area (Å²) >= 11 is 0. The summed E-state index contributed by atoms with van der Waals surface area (Å²) in [4.78, 5) is 11.7. The Labute approximate surface area is 95.1 Å². The molecular formula is C12H15N3O. The highest BCUT2D eigenvalue weighted by Crippen LogP contribution is 2.12. The molecule has 1 aromatic rings. The average molecular weight is 217 g/mol. The number of rotatable bonds is 4. The normalized spacial score (nSPS) is 11.6. The average Bonchev–Trinajstić information content (AvgIpc) is 2.31. The van der Waals surface area contributed by atoms with Gasteiger partial charge in [-0.2, -0.15) is 5.26 Å². The van der Waals surface area contributed by atoms with Crippen molar-refractivity contribution in [1.82, 2.24) is 0 Å². The van der Waals surface area contributed by atoms with Crippen LogP contribution in [-0.2, 0) is 4.79 Å². The molecule has 0 spiro atoms. The second-order valence-corrected chi connectivity index (χ2v) is 3.52. The summed E-state index contributed by atoms with van der Waals surface area (Å²) in [6.45, 7) is 2.25. The smallest absolute Gasteiger partial charge is 0.228 e. The quantitative estimate of drug-likeness (QED) is 0.801. The molecule has 4 heteroatoms. The second kappa shape index (κ2) is 5.89. The lowest BCUT2D eigenvalue weighted by molar-refractivity contribution is -0.119. The Morgan fingerprint density at radius 1 is 1.62 bits per heavy atom. The van der Waals surface area contributed by atoms with Gasteiger partial charge in [0.2, 0.25) is 5.91 Å². The van der Waals surface area contributed by atoms with Gasteiger partial charge in [0.25, 0.3) is 0 Å². The van der Waals surface area contributed by atoms with Crippen LogP contribution in [0.15, 0.2) is 24.3 Å². The van der Waals surface area contributed by atoms with Crippen molar-refractivity contribution in [2.24, 2.45) is 11.7 Å². The van der Waals surface area contributed by atoms with Gasteiger partial charge in [0.1, 0.15) is 0 Å². The van der Waals surface area contributed by atoms with Gasteiger partial charge in [0.15, 0.2) is 0 Å². The maximum absolute atomic E-state index is 11.7. The first-order valence-electron chi connectivity index (χ1n) is 5.22. The van der Waals surface area contributed by atoms with Crippen LogP contribution in [0.2, 0.25) is 0 Å². The van der Waals surface area contributed by atoms with E-state index in [1.165, 1.54) is 0 Å². The van der Waals surface area contributed by atoms with Gasteiger partial charge in [-0.05, 0) is 24.6 Å². The summed E-state index contributed by atoms with van der Waals surface area (Å²) in [7, 11) is 0. The topological polar surface area (TPSA) is 78.9 Å². The number of nitrogens with zero attached hydrogens (tertiary/aromatic N) is 1. The van der Waals surface area contributed by atoms with Gasteiger partial charge < -0.3 is 11.1 Å². The first-order chi connectivity index (χ1) is 7.71. The van der Waals surface area contributed by atoms with E-state index in [0.717, 1.165) is 0 Å². The lowest BCUT2D eigenvalue weighted by Crippen LogP contribution is -2.28. The number of nitriles is 1. The zero-order valence-electron chi connectivity index (χ0n) is 9.23. The van der Waals surface area contributed by atoms with Crippen LogP contribution in [0.5, 0.6) is 0 Å². The number of hydrogen-bond acceptors (Lipinski definition) is 3. The zero-order valence-corrected chi connectivity index (χ0v) is 9.23. The minimum Gasteiger partial charge on any atom is -0.330 e. The van der Waals surface area contributed by atoms with E-state index in [-0.39, 0.29) is 11.8 Å². The van der Waals surface area contributed by atoms with Crippen LogP contribution in [0.1, 0.15) is 18.9 Å². The van der Waals surface area contributed by atoms with Gasteiger partial charge in [-0.25, -0.2) is 0 Å². The summed E-state index contributed by atoms with van der Waals surface area (Å²) in [6.07, 6.45) is 0.709. The number of benzene rings is 1. The monoisotopic (exact) mass is 217 g/mol. The minimum absolute atomic E-state index is 0.0971. The molecule has 4 nitrogen and oxygen atoms in total. The van der Waals surface area contributed by atoms with Crippen molar-refractivity contribution in [3.8, 4) is 6.07 Å². The van der Waals surface area contributed by atoms with Crippen molar-refractivity contribution < 1.29 is 4.79 Å². The van der Waals surface area contributed by atoms with Crippen molar-refractivity contribution in [3.05, 3.63) is 29.8 Å². The lowest BCUT2D eigenvalue weighted by Gasteiger charge is -2.12. The fourth-order valence-corrected chi connectivity index (χ4v) is 1.37. The third-order valence-electron chi connectivity index (χ3n) is 2.41. The van der Waals surface area contributed by atoms with Crippen molar-refractivity contribution in [2.45, 2.75) is 13.3 Å². The first kappa shape index (κ1) is 12.2. The van der Waals surface area contributed by atoms with Gasteiger partial charge in [0, 0.05) is 12.2 Å². The molecule has 0 heterocycles. The van der Waals surface area contributed by atoms with Crippen molar-refractivity contribution in [2.75, 3.05) is 11.9 Å². The van der Waals surface area contributed by atoms with Crippen LogP contribution in [0, 0.1) is 17.2 Å². The Hall–Kier alpha value is -1.86. The van der Waals surface area contributed by atoms with Gasteiger partial charge >= 0.3 is 0 Å². The summed E-state index contributed by atoms with van der Waals surface area (Å²) < 4.78 is 0. The minimum atomic E-state index is -0.175. The largest absolute Gasteiger partial charge is 0.330 e. The maximum Gasteiger partial charge on any atom is 0.228 e.